The first kappa shape index (κ1) is 63.6. The summed E-state index contributed by atoms with van der Waals surface area (Å²) in [6.07, 6.45) is 37.2. The largest absolute Gasteiger partial charge is 0.395 e. The third kappa shape index (κ3) is 39.3. The minimum atomic E-state index is -0.368. The van der Waals surface area contributed by atoms with E-state index >= 15 is 0 Å². The lowest BCUT2D eigenvalue weighted by atomic mass is 10.0. The molecule has 10 heteroatoms. The molecule has 5 N–H and O–H groups in total. The first-order valence-electron chi connectivity index (χ1n) is 29.2. The molecular formula is C56H117N5O5. The number of aliphatic hydroxyl groups is 5. The van der Waals surface area contributed by atoms with Crippen LogP contribution in [0.1, 0.15) is 233 Å². The summed E-state index contributed by atoms with van der Waals surface area (Å²) in [6, 6.07) is 0. The number of piperazine rings is 1. The Balaban J connectivity index is 2.72. The van der Waals surface area contributed by atoms with Gasteiger partial charge in [-0.15, -0.1) is 0 Å². The number of aliphatic hydroxyl groups excluding tert-OH is 5. The highest BCUT2D eigenvalue weighted by Gasteiger charge is 2.22. The quantitative estimate of drug-likeness (QED) is 0.0378. The van der Waals surface area contributed by atoms with Crippen LogP contribution in [0, 0.1) is 0 Å². The fourth-order valence-corrected chi connectivity index (χ4v) is 9.98. The summed E-state index contributed by atoms with van der Waals surface area (Å²) in [5.74, 6) is 0. The van der Waals surface area contributed by atoms with Gasteiger partial charge in [-0.2, -0.15) is 0 Å². The minimum Gasteiger partial charge on any atom is -0.395 e. The molecule has 0 saturated carbocycles. The molecule has 66 heavy (non-hydrogen) atoms. The summed E-state index contributed by atoms with van der Waals surface area (Å²) >= 11 is 0. The highest BCUT2D eigenvalue weighted by atomic mass is 16.3. The smallest absolute Gasteiger partial charge is 0.0667 e. The van der Waals surface area contributed by atoms with Crippen molar-refractivity contribution >= 4 is 0 Å². The monoisotopic (exact) mass is 940 g/mol. The van der Waals surface area contributed by atoms with Crippen molar-refractivity contribution in [3.8, 4) is 0 Å². The molecule has 0 radical (unpaired) electrons. The molecular weight excluding hydrogens is 823 g/mol. The molecule has 1 aliphatic heterocycles. The molecule has 0 aromatic heterocycles. The van der Waals surface area contributed by atoms with Gasteiger partial charge >= 0.3 is 0 Å². The van der Waals surface area contributed by atoms with Gasteiger partial charge in [0.25, 0.3) is 0 Å². The van der Waals surface area contributed by atoms with Gasteiger partial charge in [-0.25, -0.2) is 0 Å². The Labute approximate surface area is 411 Å². The second-order valence-electron chi connectivity index (χ2n) is 21.0. The standard InChI is InChI=1S/C56H117N5O5/c1-5-9-13-17-20-23-26-30-34-53(63)49-59(44-45-60(47-48-62)50-54(64)33-29-16-12-8-4)43-41-57-37-39-58(40-38-57)42-46-61(51-55(65)35-31-27-24-21-18-14-10-6-2)52-56(66)36-32-28-25-22-19-15-11-7-3/h53-56,62-66H,5-52H2,1-4H3. The molecule has 4 unspecified atom stereocenters. The van der Waals surface area contributed by atoms with E-state index in [2.05, 4.69) is 52.2 Å². The van der Waals surface area contributed by atoms with Gasteiger partial charge in [-0.1, -0.05) is 207 Å². The van der Waals surface area contributed by atoms with Crippen molar-refractivity contribution in [2.45, 2.75) is 258 Å². The molecule has 0 amide bonds. The maximum Gasteiger partial charge on any atom is 0.0667 e. The second kappa shape index (κ2) is 47.0. The Morgan fingerprint density at radius 2 is 0.561 bits per heavy atom. The van der Waals surface area contributed by atoms with Gasteiger partial charge in [0.1, 0.15) is 0 Å². The van der Waals surface area contributed by atoms with Crippen LogP contribution in [0.3, 0.4) is 0 Å². The molecule has 1 heterocycles. The van der Waals surface area contributed by atoms with Crippen LogP contribution in [-0.4, -0.2) is 179 Å². The zero-order valence-electron chi connectivity index (χ0n) is 44.7. The minimum absolute atomic E-state index is 0.0887. The van der Waals surface area contributed by atoms with Gasteiger partial charge in [0.15, 0.2) is 0 Å². The molecule has 0 aromatic rings. The van der Waals surface area contributed by atoms with E-state index in [9.17, 15) is 25.5 Å². The van der Waals surface area contributed by atoms with Crippen LogP contribution in [0.15, 0.2) is 0 Å². The van der Waals surface area contributed by atoms with Crippen LogP contribution in [0.2, 0.25) is 0 Å². The number of hydrogen-bond donors (Lipinski definition) is 5. The van der Waals surface area contributed by atoms with Gasteiger partial charge in [0, 0.05) is 98.2 Å². The first-order chi connectivity index (χ1) is 32.2. The number of rotatable bonds is 51. The van der Waals surface area contributed by atoms with E-state index in [1.54, 1.807) is 0 Å². The maximum atomic E-state index is 11.2. The summed E-state index contributed by atoms with van der Waals surface area (Å²) in [6.45, 7) is 21.7. The molecule has 1 aliphatic rings. The van der Waals surface area contributed by atoms with Gasteiger partial charge in [-0.3, -0.25) is 24.5 Å². The summed E-state index contributed by atoms with van der Waals surface area (Å²) in [7, 11) is 0. The molecule has 0 aliphatic carbocycles. The normalized spacial score (nSPS) is 16.0. The van der Waals surface area contributed by atoms with Crippen LogP contribution in [0.25, 0.3) is 0 Å². The number of hydrogen-bond acceptors (Lipinski definition) is 10. The summed E-state index contributed by atoms with van der Waals surface area (Å²) < 4.78 is 0. The van der Waals surface area contributed by atoms with Gasteiger partial charge < -0.3 is 25.5 Å². The Bertz CT molecular complexity index is 949. The first-order valence-corrected chi connectivity index (χ1v) is 29.2. The third-order valence-corrected chi connectivity index (χ3v) is 14.5. The zero-order chi connectivity index (χ0) is 48.1. The van der Waals surface area contributed by atoms with Crippen molar-refractivity contribution in [2.24, 2.45) is 0 Å². The van der Waals surface area contributed by atoms with E-state index in [1.807, 2.05) is 0 Å². The zero-order valence-corrected chi connectivity index (χ0v) is 44.7. The number of unbranched alkanes of at least 4 members (excludes halogenated alkanes) is 24. The van der Waals surface area contributed by atoms with Crippen molar-refractivity contribution in [1.82, 2.24) is 24.5 Å². The van der Waals surface area contributed by atoms with Crippen molar-refractivity contribution in [3.05, 3.63) is 0 Å². The highest BCUT2D eigenvalue weighted by molar-refractivity contribution is 4.78. The average Bonchev–Trinajstić information content (AvgIpc) is 3.30. The second-order valence-corrected chi connectivity index (χ2v) is 21.0. The van der Waals surface area contributed by atoms with E-state index in [-0.39, 0.29) is 31.0 Å². The fourth-order valence-electron chi connectivity index (χ4n) is 9.98. The molecule has 10 nitrogen and oxygen atoms in total. The number of nitrogens with zero attached hydrogens (tertiary/aromatic N) is 5. The lowest BCUT2D eigenvalue weighted by Gasteiger charge is -2.37. The molecule has 0 spiro atoms. The van der Waals surface area contributed by atoms with Crippen LogP contribution >= 0.6 is 0 Å². The van der Waals surface area contributed by atoms with Gasteiger partial charge in [0.2, 0.25) is 0 Å². The Kier molecular flexibility index (Phi) is 45.3. The summed E-state index contributed by atoms with van der Waals surface area (Å²) in [5.41, 5.74) is 0. The van der Waals surface area contributed by atoms with Crippen molar-refractivity contribution in [1.29, 1.82) is 0 Å². The molecule has 396 valence electrons. The van der Waals surface area contributed by atoms with Crippen molar-refractivity contribution in [3.63, 3.8) is 0 Å². The molecule has 4 atom stereocenters. The van der Waals surface area contributed by atoms with E-state index in [0.717, 1.165) is 123 Å². The molecule has 0 aromatic carbocycles. The summed E-state index contributed by atoms with van der Waals surface area (Å²) in [4.78, 5) is 12.2. The van der Waals surface area contributed by atoms with Crippen LogP contribution in [0.5, 0.6) is 0 Å². The molecule has 1 fully saturated rings. The van der Waals surface area contributed by atoms with Crippen molar-refractivity contribution in [2.75, 3.05) is 105 Å². The van der Waals surface area contributed by atoms with Crippen LogP contribution < -0.4 is 0 Å². The lowest BCUT2D eigenvalue weighted by molar-refractivity contribution is 0.0467. The summed E-state index contributed by atoms with van der Waals surface area (Å²) in [5, 5.41) is 54.3. The molecule has 0 bridgehead atoms. The fraction of sp³-hybridized carbons (Fsp3) is 1.00. The predicted molar refractivity (Wildman–Crippen MR) is 284 cm³/mol. The topological polar surface area (TPSA) is 117 Å². The molecule has 1 rings (SSSR count). The Morgan fingerprint density at radius 1 is 0.318 bits per heavy atom. The van der Waals surface area contributed by atoms with Gasteiger partial charge in [0.05, 0.1) is 31.0 Å². The average molecular weight is 941 g/mol. The van der Waals surface area contributed by atoms with Gasteiger partial charge in [-0.05, 0) is 25.7 Å². The van der Waals surface area contributed by atoms with Crippen molar-refractivity contribution < 1.29 is 25.5 Å². The maximum absolute atomic E-state index is 11.2. The lowest BCUT2D eigenvalue weighted by Crippen LogP contribution is -2.51. The van der Waals surface area contributed by atoms with Crippen LogP contribution in [-0.2, 0) is 0 Å². The Morgan fingerprint density at radius 3 is 0.864 bits per heavy atom. The molecule has 1 saturated heterocycles. The predicted octanol–water partition coefficient (Wildman–Crippen LogP) is 10.5. The SMILES string of the molecule is CCCCCCCCCCC(O)CN(CCN1CCN(CCN(CC(O)CCCCCCCCCC)CC(O)CCCCCCCCCC)CC1)CCN(CCO)CC(O)CCCCCC. The third-order valence-electron chi connectivity index (χ3n) is 14.5. The van der Waals surface area contributed by atoms with E-state index in [1.165, 1.54) is 148 Å². The highest BCUT2D eigenvalue weighted by Crippen LogP contribution is 2.16. The van der Waals surface area contributed by atoms with Crippen LogP contribution in [0.4, 0.5) is 0 Å². The van der Waals surface area contributed by atoms with E-state index in [0.29, 0.717) is 32.7 Å². The Hall–Kier alpha value is -0.400. The van der Waals surface area contributed by atoms with E-state index in [4.69, 9.17) is 0 Å². The van der Waals surface area contributed by atoms with E-state index < -0.39 is 0 Å².